The number of nitrogens with zero attached hydrogens (tertiary/aromatic N) is 1. The zero-order valence-electron chi connectivity index (χ0n) is 11.4. The molecule has 1 amide bonds. The third-order valence-corrected chi connectivity index (χ3v) is 2.92. The first-order valence-corrected chi connectivity index (χ1v) is 6.20. The molecule has 0 spiro atoms. The summed E-state index contributed by atoms with van der Waals surface area (Å²) in [6.07, 6.45) is 2.75. The minimum absolute atomic E-state index is 0.241. The van der Waals surface area contributed by atoms with Crippen molar-refractivity contribution in [1.29, 1.82) is 0 Å². The molecule has 0 saturated heterocycles. The van der Waals surface area contributed by atoms with E-state index in [0.717, 1.165) is 5.56 Å². The molecular weight excluding hydrogens is 256 g/mol. The summed E-state index contributed by atoms with van der Waals surface area (Å²) in [7, 11) is 1.27. The molecule has 0 aliphatic carbocycles. The molecule has 0 radical (unpaired) electrons. The lowest BCUT2D eigenvalue weighted by atomic mass is 10.1. The first-order valence-electron chi connectivity index (χ1n) is 6.20. The standard InChI is InChI=1S/C15H16N2O3/c1-11-8-9-17(10-11)14(18)13(16-15(19)20-2)12-6-4-3-5-7-12/h3-10,13H,1-2H3,(H,16,19)/t13-/m1/s1. The molecule has 1 N–H and O–H groups in total. The first kappa shape index (κ1) is 13.9. The monoisotopic (exact) mass is 272 g/mol. The highest BCUT2D eigenvalue weighted by Gasteiger charge is 2.24. The Bertz CT molecular complexity index is 605. The highest BCUT2D eigenvalue weighted by Crippen LogP contribution is 2.16. The lowest BCUT2D eigenvalue weighted by Crippen LogP contribution is -2.36. The number of hydrogen-bond donors (Lipinski definition) is 1. The van der Waals surface area contributed by atoms with Crippen LogP contribution in [0.3, 0.4) is 0 Å². The second-order valence-corrected chi connectivity index (χ2v) is 4.41. The Balaban J connectivity index is 2.31. The fourth-order valence-corrected chi connectivity index (χ4v) is 1.90. The maximum Gasteiger partial charge on any atom is 0.407 e. The van der Waals surface area contributed by atoms with Crippen LogP contribution in [-0.2, 0) is 4.74 Å². The van der Waals surface area contributed by atoms with Crippen LogP contribution < -0.4 is 5.32 Å². The highest BCUT2D eigenvalue weighted by molar-refractivity contribution is 5.88. The van der Waals surface area contributed by atoms with Crippen LogP contribution in [0, 0.1) is 6.92 Å². The van der Waals surface area contributed by atoms with Gasteiger partial charge in [0.05, 0.1) is 7.11 Å². The molecule has 104 valence electrons. The number of carbonyl (C=O) groups is 2. The molecule has 0 aliphatic rings. The summed E-state index contributed by atoms with van der Waals surface area (Å²) in [4.78, 5) is 23.9. The number of alkyl carbamates (subject to hydrolysis) is 1. The van der Waals surface area contributed by atoms with Gasteiger partial charge in [0, 0.05) is 12.4 Å². The second kappa shape index (κ2) is 6.06. The fraction of sp³-hybridized carbons (Fsp3) is 0.200. The van der Waals surface area contributed by atoms with Crippen molar-refractivity contribution < 1.29 is 14.3 Å². The SMILES string of the molecule is COC(=O)N[C@@H](C(=O)n1ccc(C)c1)c1ccccc1. The van der Waals surface area contributed by atoms with Crippen LogP contribution in [0.25, 0.3) is 0 Å². The Kier molecular flexibility index (Phi) is 4.20. The predicted octanol–water partition coefficient (Wildman–Crippen LogP) is 2.53. The number of ether oxygens (including phenoxy) is 1. The van der Waals surface area contributed by atoms with Crippen molar-refractivity contribution in [3.8, 4) is 0 Å². The number of amides is 1. The van der Waals surface area contributed by atoms with Gasteiger partial charge in [0.1, 0.15) is 6.04 Å². The van der Waals surface area contributed by atoms with Gasteiger partial charge < -0.3 is 10.1 Å². The lowest BCUT2D eigenvalue weighted by Gasteiger charge is -2.17. The Labute approximate surface area is 117 Å². The Morgan fingerprint density at radius 3 is 2.45 bits per heavy atom. The van der Waals surface area contributed by atoms with Crippen molar-refractivity contribution in [2.24, 2.45) is 0 Å². The molecule has 5 heteroatoms. The zero-order chi connectivity index (χ0) is 14.5. The number of carbonyl (C=O) groups excluding carboxylic acids is 2. The maximum absolute atomic E-state index is 12.5. The van der Waals surface area contributed by atoms with E-state index in [4.69, 9.17) is 0 Å². The van der Waals surface area contributed by atoms with E-state index >= 15 is 0 Å². The molecule has 20 heavy (non-hydrogen) atoms. The van der Waals surface area contributed by atoms with Crippen LogP contribution in [-0.4, -0.2) is 23.7 Å². The number of aryl methyl sites for hydroxylation is 1. The molecule has 0 aliphatic heterocycles. The van der Waals surface area contributed by atoms with E-state index in [1.807, 2.05) is 31.2 Å². The molecule has 0 saturated carbocycles. The molecule has 1 heterocycles. The molecule has 0 bridgehead atoms. The smallest absolute Gasteiger partial charge is 0.407 e. The quantitative estimate of drug-likeness (QED) is 0.934. The normalized spacial score (nSPS) is 11.7. The van der Waals surface area contributed by atoms with E-state index < -0.39 is 12.1 Å². The molecular formula is C15H16N2O3. The summed E-state index contributed by atoms with van der Waals surface area (Å²) in [5.41, 5.74) is 1.68. The number of aromatic nitrogens is 1. The van der Waals surface area contributed by atoms with Gasteiger partial charge >= 0.3 is 6.09 Å². The summed E-state index contributed by atoms with van der Waals surface area (Å²) in [6, 6.07) is 10.1. The minimum atomic E-state index is -0.782. The van der Waals surface area contributed by atoms with Crippen LogP contribution in [0.5, 0.6) is 0 Å². The van der Waals surface area contributed by atoms with Gasteiger partial charge in [-0.1, -0.05) is 30.3 Å². The van der Waals surface area contributed by atoms with Crippen LogP contribution >= 0.6 is 0 Å². The zero-order valence-corrected chi connectivity index (χ0v) is 11.4. The van der Waals surface area contributed by atoms with E-state index in [-0.39, 0.29) is 5.91 Å². The van der Waals surface area contributed by atoms with Crippen molar-refractivity contribution in [2.75, 3.05) is 7.11 Å². The fourth-order valence-electron chi connectivity index (χ4n) is 1.90. The average Bonchev–Trinajstić information content (AvgIpc) is 2.91. The molecule has 1 aromatic carbocycles. The predicted molar refractivity (Wildman–Crippen MR) is 74.5 cm³/mol. The van der Waals surface area contributed by atoms with Crippen molar-refractivity contribution in [3.63, 3.8) is 0 Å². The van der Waals surface area contributed by atoms with Gasteiger partial charge in [0.25, 0.3) is 5.91 Å². The number of benzene rings is 1. The van der Waals surface area contributed by atoms with Crippen LogP contribution in [0.15, 0.2) is 48.8 Å². The number of rotatable bonds is 3. The van der Waals surface area contributed by atoms with E-state index in [1.54, 1.807) is 24.5 Å². The molecule has 2 aromatic rings. The van der Waals surface area contributed by atoms with Gasteiger partial charge in [-0.25, -0.2) is 4.79 Å². The minimum Gasteiger partial charge on any atom is -0.453 e. The molecule has 2 rings (SSSR count). The van der Waals surface area contributed by atoms with Crippen LogP contribution in [0.2, 0.25) is 0 Å². The Morgan fingerprint density at radius 2 is 1.90 bits per heavy atom. The summed E-state index contributed by atoms with van der Waals surface area (Å²) in [5, 5.41) is 2.56. The van der Waals surface area contributed by atoms with Gasteiger partial charge in [-0.2, -0.15) is 0 Å². The van der Waals surface area contributed by atoms with Crippen LogP contribution in [0.4, 0.5) is 4.79 Å². The van der Waals surface area contributed by atoms with E-state index in [9.17, 15) is 9.59 Å². The third kappa shape index (κ3) is 3.06. The van der Waals surface area contributed by atoms with E-state index in [2.05, 4.69) is 10.1 Å². The van der Waals surface area contributed by atoms with Gasteiger partial charge in [-0.05, 0) is 24.1 Å². The Morgan fingerprint density at radius 1 is 1.20 bits per heavy atom. The molecule has 0 unspecified atom stereocenters. The van der Waals surface area contributed by atoms with Crippen molar-refractivity contribution in [1.82, 2.24) is 9.88 Å². The van der Waals surface area contributed by atoms with Crippen molar-refractivity contribution >= 4 is 12.0 Å². The number of methoxy groups -OCH3 is 1. The van der Waals surface area contributed by atoms with E-state index in [0.29, 0.717) is 5.56 Å². The summed E-state index contributed by atoms with van der Waals surface area (Å²) < 4.78 is 6.04. The average molecular weight is 272 g/mol. The van der Waals surface area contributed by atoms with Crippen molar-refractivity contribution in [2.45, 2.75) is 13.0 Å². The summed E-state index contributed by atoms with van der Waals surface area (Å²) >= 11 is 0. The van der Waals surface area contributed by atoms with Crippen molar-refractivity contribution in [3.05, 3.63) is 59.9 Å². The van der Waals surface area contributed by atoms with Gasteiger partial charge in [-0.15, -0.1) is 0 Å². The topological polar surface area (TPSA) is 60.3 Å². The Hall–Kier alpha value is -2.56. The molecule has 1 aromatic heterocycles. The highest BCUT2D eigenvalue weighted by atomic mass is 16.5. The number of hydrogen-bond acceptors (Lipinski definition) is 3. The lowest BCUT2D eigenvalue weighted by molar-refractivity contribution is 0.0849. The van der Waals surface area contributed by atoms with Gasteiger partial charge in [-0.3, -0.25) is 9.36 Å². The van der Waals surface area contributed by atoms with Gasteiger partial charge in [0.2, 0.25) is 0 Å². The first-order chi connectivity index (χ1) is 9.61. The summed E-state index contributed by atoms with van der Waals surface area (Å²) in [5.74, 6) is -0.241. The summed E-state index contributed by atoms with van der Waals surface area (Å²) in [6.45, 7) is 1.90. The molecule has 0 fully saturated rings. The maximum atomic E-state index is 12.5. The third-order valence-electron chi connectivity index (χ3n) is 2.92. The van der Waals surface area contributed by atoms with E-state index in [1.165, 1.54) is 11.7 Å². The van der Waals surface area contributed by atoms with Crippen LogP contribution in [0.1, 0.15) is 22.0 Å². The second-order valence-electron chi connectivity index (χ2n) is 4.41. The largest absolute Gasteiger partial charge is 0.453 e. The number of nitrogens with one attached hydrogen (secondary N) is 1. The molecule has 1 atom stereocenters. The van der Waals surface area contributed by atoms with Gasteiger partial charge in [0.15, 0.2) is 0 Å². The molecule has 5 nitrogen and oxygen atoms in total.